The molecule has 21 heavy (non-hydrogen) atoms. The van der Waals surface area contributed by atoms with Gasteiger partial charge < -0.3 is 9.80 Å². The van der Waals surface area contributed by atoms with Crippen LogP contribution in [0.1, 0.15) is 10.4 Å². The van der Waals surface area contributed by atoms with Crippen LogP contribution in [0.25, 0.3) is 11.0 Å². The summed E-state index contributed by atoms with van der Waals surface area (Å²) >= 11 is 0. The summed E-state index contributed by atoms with van der Waals surface area (Å²) in [6.45, 7) is 3.58. The second-order valence-corrected chi connectivity index (χ2v) is 6.10. The highest BCUT2D eigenvalue weighted by molar-refractivity contribution is 5.97. The van der Waals surface area contributed by atoms with Gasteiger partial charge in [0.05, 0.1) is 0 Å². The Morgan fingerprint density at radius 1 is 1.24 bits per heavy atom. The van der Waals surface area contributed by atoms with Crippen molar-refractivity contribution in [2.24, 2.45) is 11.8 Å². The number of rotatable bonds is 1. The Morgan fingerprint density at radius 2 is 1.95 bits per heavy atom. The number of carbonyl (C=O) groups excluding carboxylic acids is 1. The van der Waals surface area contributed by atoms with Crippen LogP contribution < -0.4 is 0 Å². The third kappa shape index (κ3) is 1.99. The summed E-state index contributed by atoms with van der Waals surface area (Å²) in [6.07, 6.45) is 0. The van der Waals surface area contributed by atoms with Crippen molar-refractivity contribution in [2.75, 3.05) is 33.2 Å². The summed E-state index contributed by atoms with van der Waals surface area (Å²) in [6, 6.07) is 2.86. The first-order chi connectivity index (χ1) is 10.1. The highest BCUT2D eigenvalue weighted by Gasteiger charge is 2.40. The van der Waals surface area contributed by atoms with Crippen LogP contribution >= 0.6 is 0 Å². The molecule has 0 radical (unpaired) electrons. The lowest BCUT2D eigenvalue weighted by Crippen LogP contribution is -2.32. The van der Waals surface area contributed by atoms with Gasteiger partial charge in [0.2, 0.25) is 0 Å². The van der Waals surface area contributed by atoms with Crippen LogP contribution in [-0.4, -0.2) is 64.3 Å². The van der Waals surface area contributed by atoms with E-state index in [0.29, 0.717) is 22.9 Å². The van der Waals surface area contributed by atoms with E-state index in [2.05, 4.69) is 27.4 Å². The summed E-state index contributed by atoms with van der Waals surface area (Å²) in [4.78, 5) is 16.7. The van der Waals surface area contributed by atoms with Gasteiger partial charge in [0.15, 0.2) is 5.82 Å². The van der Waals surface area contributed by atoms with Crippen molar-refractivity contribution in [1.82, 2.24) is 25.2 Å². The standard InChI is InChI=1S/C14H16FN5O/c1-19-4-9-6-20(7-10(9)5-19)14(21)8-2-11(15)13-12(3-8)16-18-17-13/h2-3,9-10H,4-7H2,1H3,(H,16,17,18). The average Bonchev–Trinajstić information content (AvgIpc) is 3.11. The molecule has 7 heteroatoms. The minimum Gasteiger partial charge on any atom is -0.338 e. The molecule has 2 aromatic rings. The number of aromatic amines is 1. The van der Waals surface area contributed by atoms with Crippen molar-refractivity contribution >= 4 is 16.9 Å². The molecule has 1 aromatic heterocycles. The maximum atomic E-state index is 13.9. The number of likely N-dealkylation sites (tertiary alicyclic amines) is 2. The van der Waals surface area contributed by atoms with Gasteiger partial charge in [0.25, 0.3) is 5.91 Å². The number of nitrogens with one attached hydrogen (secondary N) is 1. The van der Waals surface area contributed by atoms with E-state index in [1.54, 1.807) is 6.07 Å². The second-order valence-electron chi connectivity index (χ2n) is 6.10. The Labute approximate surface area is 120 Å². The molecule has 2 aliphatic rings. The molecule has 2 aliphatic heterocycles. The molecule has 2 unspecified atom stereocenters. The van der Waals surface area contributed by atoms with Crippen molar-refractivity contribution in [2.45, 2.75) is 0 Å². The maximum Gasteiger partial charge on any atom is 0.254 e. The number of amides is 1. The van der Waals surface area contributed by atoms with Crippen LogP contribution in [0.15, 0.2) is 12.1 Å². The van der Waals surface area contributed by atoms with E-state index in [0.717, 1.165) is 26.2 Å². The third-order valence-corrected chi connectivity index (χ3v) is 4.58. The van der Waals surface area contributed by atoms with E-state index < -0.39 is 5.82 Å². The molecule has 4 rings (SSSR count). The average molecular weight is 289 g/mol. The van der Waals surface area contributed by atoms with Gasteiger partial charge in [-0.3, -0.25) is 4.79 Å². The molecule has 0 bridgehead atoms. The Balaban J connectivity index is 1.59. The fourth-order valence-electron chi connectivity index (χ4n) is 3.61. The van der Waals surface area contributed by atoms with Crippen LogP contribution in [-0.2, 0) is 0 Å². The molecule has 2 atom stereocenters. The molecule has 1 N–H and O–H groups in total. The van der Waals surface area contributed by atoms with Crippen molar-refractivity contribution in [1.29, 1.82) is 0 Å². The van der Waals surface area contributed by atoms with Crippen LogP contribution in [0, 0.1) is 17.7 Å². The van der Waals surface area contributed by atoms with Gasteiger partial charge in [-0.1, -0.05) is 0 Å². The summed E-state index contributed by atoms with van der Waals surface area (Å²) in [5.41, 5.74) is 0.908. The lowest BCUT2D eigenvalue weighted by atomic mass is 10.0. The van der Waals surface area contributed by atoms with E-state index in [9.17, 15) is 9.18 Å². The molecule has 1 aromatic carbocycles. The van der Waals surface area contributed by atoms with Gasteiger partial charge >= 0.3 is 0 Å². The predicted molar refractivity (Wildman–Crippen MR) is 74.2 cm³/mol. The number of fused-ring (bicyclic) bond motifs is 2. The predicted octanol–water partition coefficient (Wildman–Crippen LogP) is 0.731. The van der Waals surface area contributed by atoms with Crippen LogP contribution in [0.4, 0.5) is 4.39 Å². The lowest BCUT2D eigenvalue weighted by Gasteiger charge is -2.19. The zero-order chi connectivity index (χ0) is 14.6. The third-order valence-electron chi connectivity index (χ3n) is 4.58. The zero-order valence-corrected chi connectivity index (χ0v) is 11.7. The van der Waals surface area contributed by atoms with Crippen molar-refractivity contribution in [3.8, 4) is 0 Å². The summed E-state index contributed by atoms with van der Waals surface area (Å²) < 4.78 is 13.9. The fourth-order valence-corrected chi connectivity index (χ4v) is 3.61. The Hall–Kier alpha value is -2.02. The number of benzene rings is 1. The van der Waals surface area contributed by atoms with Gasteiger partial charge in [0.1, 0.15) is 11.0 Å². The van der Waals surface area contributed by atoms with Crippen LogP contribution in [0.2, 0.25) is 0 Å². The molecule has 0 aliphatic carbocycles. The lowest BCUT2D eigenvalue weighted by molar-refractivity contribution is 0.0775. The summed E-state index contributed by atoms with van der Waals surface area (Å²) in [5, 5.41) is 9.97. The highest BCUT2D eigenvalue weighted by atomic mass is 19.1. The minimum atomic E-state index is -0.510. The quantitative estimate of drug-likeness (QED) is 0.840. The molecule has 0 saturated carbocycles. The minimum absolute atomic E-state index is 0.115. The Kier molecular flexibility index (Phi) is 2.72. The monoisotopic (exact) mass is 289 g/mol. The molecule has 110 valence electrons. The summed E-state index contributed by atoms with van der Waals surface area (Å²) in [5.74, 6) is 0.457. The highest BCUT2D eigenvalue weighted by Crippen LogP contribution is 2.31. The largest absolute Gasteiger partial charge is 0.338 e. The normalized spacial score (nSPS) is 25.7. The van der Waals surface area contributed by atoms with Crippen molar-refractivity contribution in [3.63, 3.8) is 0 Å². The van der Waals surface area contributed by atoms with Gasteiger partial charge in [0, 0.05) is 31.7 Å². The Bertz CT molecular complexity index is 700. The van der Waals surface area contributed by atoms with E-state index in [-0.39, 0.29) is 11.4 Å². The summed E-state index contributed by atoms with van der Waals surface area (Å²) in [7, 11) is 2.11. The van der Waals surface area contributed by atoms with Crippen molar-refractivity contribution < 1.29 is 9.18 Å². The molecule has 6 nitrogen and oxygen atoms in total. The first-order valence-electron chi connectivity index (χ1n) is 7.09. The second kappa shape index (κ2) is 4.49. The number of hydrogen-bond acceptors (Lipinski definition) is 4. The van der Waals surface area contributed by atoms with E-state index in [1.165, 1.54) is 6.07 Å². The van der Waals surface area contributed by atoms with Gasteiger partial charge in [-0.2, -0.15) is 15.4 Å². The topological polar surface area (TPSA) is 65.1 Å². The molecule has 0 spiro atoms. The number of aromatic nitrogens is 3. The number of nitrogens with zero attached hydrogens (tertiary/aromatic N) is 4. The number of carbonyl (C=O) groups is 1. The molecular weight excluding hydrogens is 273 g/mol. The molecule has 2 saturated heterocycles. The Morgan fingerprint density at radius 3 is 2.67 bits per heavy atom. The van der Waals surface area contributed by atoms with Crippen LogP contribution in [0.5, 0.6) is 0 Å². The SMILES string of the molecule is CN1CC2CN(C(=O)c3cc(F)c4n[nH]nc4c3)CC2C1. The van der Waals surface area contributed by atoms with Crippen LogP contribution in [0.3, 0.4) is 0 Å². The molecular formula is C14H16FN5O. The van der Waals surface area contributed by atoms with Gasteiger partial charge in [-0.15, -0.1) is 0 Å². The first-order valence-corrected chi connectivity index (χ1v) is 7.09. The number of hydrogen-bond donors (Lipinski definition) is 1. The maximum absolute atomic E-state index is 13.9. The van der Waals surface area contributed by atoms with Crippen molar-refractivity contribution in [3.05, 3.63) is 23.5 Å². The van der Waals surface area contributed by atoms with E-state index in [4.69, 9.17) is 0 Å². The smallest absolute Gasteiger partial charge is 0.254 e. The fraction of sp³-hybridized carbons (Fsp3) is 0.500. The number of H-pyrrole nitrogens is 1. The van der Waals surface area contributed by atoms with Gasteiger partial charge in [-0.05, 0) is 31.0 Å². The van der Waals surface area contributed by atoms with E-state index >= 15 is 0 Å². The molecule has 3 heterocycles. The van der Waals surface area contributed by atoms with E-state index in [1.807, 2.05) is 4.90 Å². The van der Waals surface area contributed by atoms with Gasteiger partial charge in [-0.25, -0.2) is 4.39 Å². The first kappa shape index (κ1) is 12.7. The molecule has 1 amide bonds. The molecule has 2 fully saturated rings. The number of halogens is 1. The zero-order valence-electron chi connectivity index (χ0n) is 11.7.